The summed E-state index contributed by atoms with van der Waals surface area (Å²) in [6.07, 6.45) is 0.467. The Morgan fingerprint density at radius 1 is 0.929 bits per heavy atom. The van der Waals surface area contributed by atoms with Crippen LogP contribution in [0.4, 0.5) is 5.69 Å². The predicted octanol–water partition coefficient (Wildman–Crippen LogP) is 2.19. The van der Waals surface area contributed by atoms with Crippen molar-refractivity contribution in [1.82, 2.24) is 4.72 Å². The standard InChI is InChI=1S/C19H24N2O6S/c1-13(22)21-16-12-15(6-8-17(16)25-2)28(23,24)20-10-9-14-5-7-18(26-3)19(11-14)27-4/h5-8,11-12,20H,9-10H2,1-4H3,(H,21,22). The molecule has 0 bridgehead atoms. The van der Waals surface area contributed by atoms with Crippen molar-refractivity contribution >= 4 is 21.6 Å². The molecular formula is C19H24N2O6S. The summed E-state index contributed by atoms with van der Waals surface area (Å²) in [5.41, 5.74) is 1.19. The largest absolute Gasteiger partial charge is 0.495 e. The van der Waals surface area contributed by atoms with Gasteiger partial charge in [0.2, 0.25) is 15.9 Å². The summed E-state index contributed by atoms with van der Waals surface area (Å²) < 4.78 is 43.3. The van der Waals surface area contributed by atoms with Crippen molar-refractivity contribution in [2.75, 3.05) is 33.2 Å². The number of ether oxygens (including phenoxy) is 3. The van der Waals surface area contributed by atoms with Gasteiger partial charge >= 0.3 is 0 Å². The van der Waals surface area contributed by atoms with Gasteiger partial charge in [-0.15, -0.1) is 0 Å². The van der Waals surface area contributed by atoms with Gasteiger partial charge in [-0.3, -0.25) is 4.79 Å². The van der Waals surface area contributed by atoms with Crippen LogP contribution in [0.2, 0.25) is 0 Å². The number of methoxy groups -OCH3 is 3. The van der Waals surface area contributed by atoms with Gasteiger partial charge in [-0.25, -0.2) is 13.1 Å². The zero-order chi connectivity index (χ0) is 20.7. The Morgan fingerprint density at radius 2 is 1.57 bits per heavy atom. The molecule has 0 atom stereocenters. The van der Waals surface area contributed by atoms with Gasteiger partial charge in [0.25, 0.3) is 0 Å². The normalized spacial score (nSPS) is 11.0. The fraction of sp³-hybridized carbons (Fsp3) is 0.316. The van der Waals surface area contributed by atoms with Crippen LogP contribution in [-0.2, 0) is 21.2 Å². The van der Waals surface area contributed by atoms with Crippen LogP contribution < -0.4 is 24.2 Å². The first-order chi connectivity index (χ1) is 13.3. The third kappa shape index (κ3) is 5.37. The van der Waals surface area contributed by atoms with Gasteiger partial charge in [-0.2, -0.15) is 0 Å². The summed E-state index contributed by atoms with van der Waals surface area (Å²) in [7, 11) is 0.779. The summed E-state index contributed by atoms with van der Waals surface area (Å²) in [5.74, 6) is 1.24. The number of carbonyl (C=O) groups excluding carboxylic acids is 1. The Bertz CT molecular complexity index is 943. The van der Waals surface area contributed by atoms with E-state index in [2.05, 4.69) is 10.0 Å². The van der Waals surface area contributed by atoms with Gasteiger partial charge in [0.05, 0.1) is 31.9 Å². The molecule has 0 aliphatic heterocycles. The van der Waals surface area contributed by atoms with Crippen molar-refractivity contribution in [3.8, 4) is 17.2 Å². The Kier molecular flexibility index (Phi) is 7.24. The molecule has 8 nitrogen and oxygen atoms in total. The molecule has 0 spiro atoms. The second-order valence-corrected chi connectivity index (χ2v) is 7.65. The molecule has 0 aromatic heterocycles. The maximum Gasteiger partial charge on any atom is 0.240 e. The zero-order valence-corrected chi connectivity index (χ0v) is 17.1. The second kappa shape index (κ2) is 9.43. The lowest BCUT2D eigenvalue weighted by Crippen LogP contribution is -2.26. The highest BCUT2D eigenvalue weighted by Crippen LogP contribution is 2.28. The molecule has 2 rings (SSSR count). The summed E-state index contributed by atoms with van der Waals surface area (Å²) in [6.45, 7) is 1.53. The first-order valence-corrected chi connectivity index (χ1v) is 9.95. The third-order valence-corrected chi connectivity index (χ3v) is 5.40. The van der Waals surface area contributed by atoms with E-state index in [0.29, 0.717) is 23.7 Å². The third-order valence-electron chi connectivity index (χ3n) is 3.95. The number of hydrogen-bond donors (Lipinski definition) is 2. The van der Waals surface area contributed by atoms with Crippen LogP contribution in [0.3, 0.4) is 0 Å². The maximum absolute atomic E-state index is 12.6. The molecule has 0 saturated carbocycles. The molecule has 0 heterocycles. The summed E-state index contributed by atoms with van der Waals surface area (Å²) >= 11 is 0. The minimum absolute atomic E-state index is 0.0318. The Labute approximate surface area is 164 Å². The van der Waals surface area contributed by atoms with E-state index in [0.717, 1.165) is 5.56 Å². The summed E-state index contributed by atoms with van der Waals surface area (Å²) in [5, 5.41) is 2.56. The fourth-order valence-electron chi connectivity index (χ4n) is 2.59. The lowest BCUT2D eigenvalue weighted by atomic mass is 10.1. The van der Waals surface area contributed by atoms with Crippen molar-refractivity contribution in [2.45, 2.75) is 18.2 Å². The molecule has 9 heteroatoms. The monoisotopic (exact) mass is 408 g/mol. The number of rotatable bonds is 9. The number of nitrogens with one attached hydrogen (secondary N) is 2. The summed E-state index contributed by atoms with van der Waals surface area (Å²) in [4.78, 5) is 11.4. The molecule has 1 amide bonds. The average Bonchev–Trinajstić information content (AvgIpc) is 2.67. The SMILES string of the molecule is COc1ccc(S(=O)(=O)NCCc2ccc(OC)c(OC)c2)cc1NC(C)=O. The highest BCUT2D eigenvalue weighted by molar-refractivity contribution is 7.89. The van der Waals surface area contributed by atoms with Crippen LogP contribution in [0.5, 0.6) is 17.2 Å². The lowest BCUT2D eigenvalue weighted by Gasteiger charge is -2.13. The van der Waals surface area contributed by atoms with E-state index in [9.17, 15) is 13.2 Å². The molecule has 0 fully saturated rings. The molecule has 152 valence electrons. The first-order valence-electron chi connectivity index (χ1n) is 8.47. The molecule has 2 aromatic carbocycles. The molecular weight excluding hydrogens is 384 g/mol. The van der Waals surface area contributed by atoms with Gasteiger partial charge in [0.1, 0.15) is 5.75 Å². The average molecular weight is 408 g/mol. The Hall–Kier alpha value is -2.78. The number of benzene rings is 2. The highest BCUT2D eigenvalue weighted by Gasteiger charge is 2.17. The van der Waals surface area contributed by atoms with Crippen molar-refractivity contribution in [1.29, 1.82) is 0 Å². The van der Waals surface area contributed by atoms with Crippen LogP contribution in [-0.4, -0.2) is 42.2 Å². The molecule has 2 aromatic rings. The molecule has 0 aliphatic carbocycles. The number of amides is 1. The smallest absolute Gasteiger partial charge is 0.240 e. The van der Waals surface area contributed by atoms with E-state index >= 15 is 0 Å². The highest BCUT2D eigenvalue weighted by atomic mass is 32.2. The van der Waals surface area contributed by atoms with E-state index in [4.69, 9.17) is 14.2 Å². The van der Waals surface area contributed by atoms with E-state index < -0.39 is 10.0 Å². The van der Waals surface area contributed by atoms with Crippen LogP contribution >= 0.6 is 0 Å². The second-order valence-electron chi connectivity index (χ2n) is 5.88. The van der Waals surface area contributed by atoms with Gasteiger partial charge in [0.15, 0.2) is 11.5 Å². The van der Waals surface area contributed by atoms with Gasteiger partial charge in [-0.1, -0.05) is 6.07 Å². The molecule has 0 aliphatic rings. The maximum atomic E-state index is 12.6. The van der Waals surface area contributed by atoms with E-state index in [-0.39, 0.29) is 23.0 Å². The van der Waals surface area contributed by atoms with Crippen molar-refractivity contribution in [3.63, 3.8) is 0 Å². The van der Waals surface area contributed by atoms with Crippen LogP contribution in [0, 0.1) is 0 Å². The molecule has 2 N–H and O–H groups in total. The van der Waals surface area contributed by atoms with Crippen LogP contribution in [0.1, 0.15) is 12.5 Å². The topological polar surface area (TPSA) is 103 Å². The van der Waals surface area contributed by atoms with E-state index in [1.54, 1.807) is 26.4 Å². The van der Waals surface area contributed by atoms with E-state index in [1.165, 1.54) is 32.2 Å². The number of anilines is 1. The number of carbonyl (C=O) groups is 1. The summed E-state index contributed by atoms with van der Waals surface area (Å²) in [6, 6.07) is 9.69. The van der Waals surface area contributed by atoms with E-state index in [1.807, 2.05) is 6.07 Å². The minimum Gasteiger partial charge on any atom is -0.495 e. The zero-order valence-electron chi connectivity index (χ0n) is 16.2. The molecule has 28 heavy (non-hydrogen) atoms. The number of hydrogen-bond acceptors (Lipinski definition) is 6. The van der Waals surface area contributed by atoms with Crippen molar-refractivity contribution in [3.05, 3.63) is 42.0 Å². The van der Waals surface area contributed by atoms with Crippen LogP contribution in [0.15, 0.2) is 41.3 Å². The van der Waals surface area contributed by atoms with Crippen LogP contribution in [0.25, 0.3) is 0 Å². The van der Waals surface area contributed by atoms with Gasteiger partial charge in [0, 0.05) is 13.5 Å². The van der Waals surface area contributed by atoms with Gasteiger partial charge < -0.3 is 19.5 Å². The molecule has 0 saturated heterocycles. The first kappa shape index (κ1) is 21.5. The fourth-order valence-corrected chi connectivity index (χ4v) is 3.65. The Balaban J connectivity index is 2.10. The number of sulfonamides is 1. The molecule has 0 radical (unpaired) electrons. The lowest BCUT2D eigenvalue weighted by molar-refractivity contribution is -0.114. The molecule has 0 unspecified atom stereocenters. The quantitative estimate of drug-likeness (QED) is 0.659. The Morgan fingerprint density at radius 3 is 2.18 bits per heavy atom. The van der Waals surface area contributed by atoms with Crippen molar-refractivity contribution in [2.24, 2.45) is 0 Å². The predicted molar refractivity (Wildman–Crippen MR) is 106 cm³/mol. The van der Waals surface area contributed by atoms with Gasteiger partial charge in [-0.05, 0) is 42.3 Å². The minimum atomic E-state index is -3.76. The van der Waals surface area contributed by atoms with Crippen molar-refractivity contribution < 1.29 is 27.4 Å².